The first kappa shape index (κ1) is 17.9. The van der Waals surface area contributed by atoms with Crippen molar-refractivity contribution < 1.29 is 14.3 Å². The van der Waals surface area contributed by atoms with Crippen molar-refractivity contribution in [3.8, 4) is 17.2 Å². The third-order valence-corrected chi connectivity index (χ3v) is 4.39. The van der Waals surface area contributed by atoms with Crippen LogP contribution in [0.25, 0.3) is 5.69 Å². The Labute approximate surface area is 157 Å². The number of amides is 1. The van der Waals surface area contributed by atoms with Gasteiger partial charge < -0.3 is 19.4 Å². The molecule has 1 aromatic heterocycles. The van der Waals surface area contributed by atoms with Gasteiger partial charge in [-0.1, -0.05) is 17.7 Å². The molecule has 0 aliphatic carbocycles. The zero-order valence-corrected chi connectivity index (χ0v) is 15.5. The van der Waals surface area contributed by atoms with Gasteiger partial charge in [-0.15, -0.1) is 0 Å². The largest absolute Gasteiger partial charge is 0.493 e. The van der Waals surface area contributed by atoms with E-state index in [4.69, 9.17) is 21.1 Å². The third kappa shape index (κ3) is 3.53. The summed E-state index contributed by atoms with van der Waals surface area (Å²) in [5, 5.41) is 3.20. The van der Waals surface area contributed by atoms with Gasteiger partial charge in [0.05, 0.1) is 24.9 Å². The zero-order chi connectivity index (χ0) is 18.7. The normalized spacial score (nSPS) is 10.5. The van der Waals surface area contributed by atoms with Gasteiger partial charge in [0.2, 0.25) is 0 Å². The molecule has 0 aliphatic heterocycles. The van der Waals surface area contributed by atoms with Crippen LogP contribution in [0.3, 0.4) is 0 Å². The summed E-state index contributed by atoms with van der Waals surface area (Å²) in [6, 6.07) is 12.7. The number of hydrogen-bond donors (Lipinski definition) is 1. The first-order valence-electron chi connectivity index (χ1n) is 8.00. The van der Waals surface area contributed by atoms with Crippen LogP contribution in [0.4, 0.5) is 5.69 Å². The molecule has 0 radical (unpaired) electrons. The van der Waals surface area contributed by atoms with Gasteiger partial charge in [-0.3, -0.25) is 4.79 Å². The molecule has 0 spiro atoms. The summed E-state index contributed by atoms with van der Waals surface area (Å²) >= 11 is 6.25. The standard InChI is InChI=1S/C20H19ClN2O3/c1-13-6-7-14(10-17(13)23-8-4-5-9-23)20(24)22-16-12-19(26-3)18(25-2)11-15(16)21/h4-12H,1-3H3,(H,22,24). The molecule has 1 heterocycles. The third-order valence-electron chi connectivity index (χ3n) is 4.08. The van der Waals surface area contributed by atoms with Gasteiger partial charge >= 0.3 is 0 Å². The second-order valence-electron chi connectivity index (χ2n) is 5.73. The van der Waals surface area contributed by atoms with Crippen molar-refractivity contribution in [3.05, 3.63) is 71.0 Å². The van der Waals surface area contributed by atoms with Crippen LogP contribution in [-0.2, 0) is 0 Å². The highest BCUT2D eigenvalue weighted by Crippen LogP contribution is 2.36. The summed E-state index contributed by atoms with van der Waals surface area (Å²) in [4.78, 5) is 12.7. The van der Waals surface area contributed by atoms with Crippen molar-refractivity contribution in [2.24, 2.45) is 0 Å². The molecule has 6 heteroatoms. The van der Waals surface area contributed by atoms with Crippen LogP contribution >= 0.6 is 11.6 Å². The molecule has 5 nitrogen and oxygen atoms in total. The molecule has 0 unspecified atom stereocenters. The first-order valence-corrected chi connectivity index (χ1v) is 8.38. The van der Waals surface area contributed by atoms with Crippen molar-refractivity contribution >= 4 is 23.2 Å². The van der Waals surface area contributed by atoms with Crippen LogP contribution in [0.5, 0.6) is 11.5 Å². The summed E-state index contributed by atoms with van der Waals surface area (Å²) < 4.78 is 12.4. The van der Waals surface area contributed by atoms with Crippen LogP contribution in [-0.4, -0.2) is 24.7 Å². The topological polar surface area (TPSA) is 52.5 Å². The smallest absolute Gasteiger partial charge is 0.255 e. The molecule has 0 fully saturated rings. The van der Waals surface area contributed by atoms with E-state index in [9.17, 15) is 4.79 Å². The quantitative estimate of drug-likeness (QED) is 0.707. The van der Waals surface area contributed by atoms with E-state index in [-0.39, 0.29) is 5.91 Å². The van der Waals surface area contributed by atoms with E-state index >= 15 is 0 Å². The molecule has 0 atom stereocenters. The number of hydrogen-bond acceptors (Lipinski definition) is 3. The maximum absolute atomic E-state index is 12.7. The number of benzene rings is 2. The van der Waals surface area contributed by atoms with Gasteiger partial charge in [0.1, 0.15) is 0 Å². The molecular formula is C20H19ClN2O3. The number of aryl methyl sites for hydroxylation is 1. The molecular weight excluding hydrogens is 352 g/mol. The summed E-state index contributed by atoms with van der Waals surface area (Å²) in [6.07, 6.45) is 3.88. The van der Waals surface area contributed by atoms with Crippen LogP contribution in [0.15, 0.2) is 54.9 Å². The summed E-state index contributed by atoms with van der Waals surface area (Å²) in [5.41, 5.74) is 3.01. The number of carbonyl (C=O) groups excluding carboxylic acids is 1. The molecule has 3 rings (SSSR count). The van der Waals surface area contributed by atoms with Crippen molar-refractivity contribution in [1.82, 2.24) is 4.57 Å². The SMILES string of the molecule is COc1cc(Cl)c(NC(=O)c2ccc(C)c(-n3cccc3)c2)cc1OC. The Hall–Kier alpha value is -2.92. The number of ether oxygens (including phenoxy) is 2. The van der Waals surface area contributed by atoms with Gasteiger partial charge in [0.15, 0.2) is 11.5 Å². The molecule has 1 N–H and O–H groups in total. The lowest BCUT2D eigenvalue weighted by Crippen LogP contribution is -2.13. The zero-order valence-electron chi connectivity index (χ0n) is 14.7. The van der Waals surface area contributed by atoms with Crippen LogP contribution < -0.4 is 14.8 Å². The fraction of sp³-hybridized carbons (Fsp3) is 0.150. The van der Waals surface area contributed by atoms with Gasteiger partial charge in [0.25, 0.3) is 5.91 Å². The van der Waals surface area contributed by atoms with Gasteiger partial charge in [0, 0.05) is 35.8 Å². The average molecular weight is 371 g/mol. The number of carbonyl (C=O) groups is 1. The van der Waals surface area contributed by atoms with Crippen LogP contribution in [0.1, 0.15) is 15.9 Å². The highest BCUT2D eigenvalue weighted by Gasteiger charge is 2.14. The van der Waals surface area contributed by atoms with Crippen LogP contribution in [0.2, 0.25) is 5.02 Å². The van der Waals surface area contributed by atoms with E-state index in [1.165, 1.54) is 14.2 Å². The van der Waals surface area contributed by atoms with E-state index in [2.05, 4.69) is 5.32 Å². The predicted molar refractivity (Wildman–Crippen MR) is 103 cm³/mol. The molecule has 1 amide bonds. The fourth-order valence-corrected chi connectivity index (χ4v) is 2.87. The number of anilines is 1. The molecule has 0 bridgehead atoms. The second-order valence-corrected chi connectivity index (χ2v) is 6.14. The fourth-order valence-electron chi connectivity index (χ4n) is 2.67. The van der Waals surface area contributed by atoms with Crippen molar-refractivity contribution in [3.63, 3.8) is 0 Å². The van der Waals surface area contributed by atoms with E-state index in [0.29, 0.717) is 27.8 Å². The highest BCUT2D eigenvalue weighted by atomic mass is 35.5. The number of methoxy groups -OCH3 is 2. The Balaban J connectivity index is 1.90. The van der Waals surface area contributed by atoms with Crippen molar-refractivity contribution in [1.29, 1.82) is 0 Å². The van der Waals surface area contributed by atoms with Gasteiger partial charge in [-0.2, -0.15) is 0 Å². The lowest BCUT2D eigenvalue weighted by molar-refractivity contribution is 0.102. The maximum Gasteiger partial charge on any atom is 0.255 e. The average Bonchev–Trinajstić information content (AvgIpc) is 3.17. The number of aromatic nitrogens is 1. The van der Waals surface area contributed by atoms with E-state index in [1.807, 2.05) is 48.1 Å². The minimum atomic E-state index is -0.257. The lowest BCUT2D eigenvalue weighted by Gasteiger charge is -2.14. The predicted octanol–water partition coefficient (Wildman–Crippen LogP) is 4.71. The van der Waals surface area contributed by atoms with E-state index in [1.54, 1.807) is 18.2 Å². The van der Waals surface area contributed by atoms with Crippen molar-refractivity contribution in [2.45, 2.75) is 6.92 Å². The van der Waals surface area contributed by atoms with Gasteiger partial charge in [-0.25, -0.2) is 0 Å². The minimum Gasteiger partial charge on any atom is -0.493 e. The van der Waals surface area contributed by atoms with Gasteiger partial charge in [-0.05, 0) is 36.8 Å². The Morgan fingerprint density at radius 2 is 1.69 bits per heavy atom. The Bertz CT molecular complexity index is 936. The molecule has 2 aromatic carbocycles. The van der Waals surface area contributed by atoms with Crippen LogP contribution in [0, 0.1) is 6.92 Å². The Morgan fingerprint density at radius 3 is 2.35 bits per heavy atom. The van der Waals surface area contributed by atoms with E-state index < -0.39 is 0 Å². The number of rotatable bonds is 5. The summed E-state index contributed by atoms with van der Waals surface area (Å²) in [7, 11) is 3.06. The maximum atomic E-state index is 12.7. The highest BCUT2D eigenvalue weighted by molar-refractivity contribution is 6.34. The molecule has 0 saturated heterocycles. The molecule has 134 valence electrons. The number of nitrogens with one attached hydrogen (secondary N) is 1. The molecule has 3 aromatic rings. The first-order chi connectivity index (χ1) is 12.5. The Morgan fingerprint density at radius 1 is 1.04 bits per heavy atom. The van der Waals surface area contributed by atoms with E-state index in [0.717, 1.165) is 11.3 Å². The second kappa shape index (κ2) is 7.54. The molecule has 0 aliphatic rings. The monoisotopic (exact) mass is 370 g/mol. The number of halogens is 1. The molecule has 0 saturated carbocycles. The minimum absolute atomic E-state index is 0.257. The lowest BCUT2D eigenvalue weighted by atomic mass is 10.1. The molecule has 26 heavy (non-hydrogen) atoms. The summed E-state index contributed by atoms with van der Waals surface area (Å²) in [5.74, 6) is 0.734. The summed E-state index contributed by atoms with van der Waals surface area (Å²) in [6.45, 7) is 2.00. The Kier molecular flexibility index (Phi) is 5.19. The number of nitrogens with zero attached hydrogens (tertiary/aromatic N) is 1. The van der Waals surface area contributed by atoms with Crippen molar-refractivity contribution in [2.75, 3.05) is 19.5 Å².